The van der Waals surface area contributed by atoms with Gasteiger partial charge in [0.2, 0.25) is 5.82 Å². The predicted octanol–water partition coefficient (Wildman–Crippen LogP) is 1.07. The first-order valence-corrected chi connectivity index (χ1v) is 4.12. The second-order valence-electron chi connectivity index (χ2n) is 3.06. The first-order valence-electron chi connectivity index (χ1n) is 4.12. The van der Waals surface area contributed by atoms with Crippen molar-refractivity contribution in [3.63, 3.8) is 0 Å². The van der Waals surface area contributed by atoms with Crippen molar-refractivity contribution in [3.05, 3.63) is 23.3 Å². The molecule has 0 bridgehead atoms. The third-order valence-corrected chi connectivity index (χ3v) is 1.68. The number of hydrogen-bond donors (Lipinski definition) is 1. The molecule has 0 saturated heterocycles. The minimum Gasteiger partial charge on any atom is -0.390 e. The summed E-state index contributed by atoms with van der Waals surface area (Å²) in [6.45, 7) is 3.94. The highest BCUT2D eigenvalue weighted by Crippen LogP contribution is 2.12. The van der Waals surface area contributed by atoms with E-state index < -0.39 is 0 Å². The molecule has 1 aromatic heterocycles. The SMILES string of the molecule is C#Cc1nc(CO)cc(C(C)C)n1. The molecule has 0 radical (unpaired) electrons. The number of hydrogen-bond acceptors (Lipinski definition) is 3. The van der Waals surface area contributed by atoms with E-state index in [0.29, 0.717) is 17.4 Å². The number of aliphatic hydroxyl groups is 1. The Hall–Kier alpha value is -1.40. The van der Waals surface area contributed by atoms with Crippen molar-refractivity contribution in [3.8, 4) is 12.3 Å². The van der Waals surface area contributed by atoms with Crippen LogP contribution in [0.3, 0.4) is 0 Å². The molecule has 0 saturated carbocycles. The average molecular weight is 176 g/mol. The molecule has 1 rings (SSSR count). The second-order valence-corrected chi connectivity index (χ2v) is 3.06. The van der Waals surface area contributed by atoms with Crippen LogP contribution in [0.1, 0.15) is 37.0 Å². The Morgan fingerprint density at radius 1 is 1.54 bits per heavy atom. The van der Waals surface area contributed by atoms with Crippen LogP contribution in [0, 0.1) is 12.3 Å². The van der Waals surface area contributed by atoms with Crippen molar-refractivity contribution < 1.29 is 5.11 Å². The Kier molecular flexibility index (Phi) is 2.99. The molecule has 3 nitrogen and oxygen atoms in total. The summed E-state index contributed by atoms with van der Waals surface area (Å²) in [5.74, 6) is 3.00. The van der Waals surface area contributed by atoms with Crippen LogP contribution in [0.4, 0.5) is 0 Å². The normalized spacial score (nSPS) is 10.1. The van der Waals surface area contributed by atoms with Crippen LogP contribution in [-0.2, 0) is 6.61 Å². The highest BCUT2D eigenvalue weighted by Gasteiger charge is 2.05. The number of terminal acetylenes is 1. The topological polar surface area (TPSA) is 46.0 Å². The highest BCUT2D eigenvalue weighted by atomic mass is 16.3. The minimum atomic E-state index is -0.100. The molecule has 0 aliphatic carbocycles. The van der Waals surface area contributed by atoms with Crippen LogP contribution in [0.15, 0.2) is 6.07 Å². The van der Waals surface area contributed by atoms with Crippen molar-refractivity contribution in [1.29, 1.82) is 0 Å². The molecular formula is C10H12N2O. The Labute approximate surface area is 77.9 Å². The van der Waals surface area contributed by atoms with Gasteiger partial charge in [-0.15, -0.1) is 6.42 Å². The minimum absolute atomic E-state index is 0.100. The van der Waals surface area contributed by atoms with Gasteiger partial charge in [0, 0.05) is 5.69 Å². The number of aliphatic hydroxyl groups excluding tert-OH is 1. The van der Waals surface area contributed by atoms with Crippen LogP contribution in [-0.4, -0.2) is 15.1 Å². The summed E-state index contributed by atoms with van der Waals surface area (Å²) in [6.07, 6.45) is 5.19. The van der Waals surface area contributed by atoms with E-state index in [1.165, 1.54) is 0 Å². The van der Waals surface area contributed by atoms with Crippen LogP contribution in [0.5, 0.6) is 0 Å². The van der Waals surface area contributed by atoms with E-state index in [4.69, 9.17) is 11.5 Å². The largest absolute Gasteiger partial charge is 0.390 e. The van der Waals surface area contributed by atoms with Gasteiger partial charge in [-0.25, -0.2) is 9.97 Å². The van der Waals surface area contributed by atoms with E-state index in [0.717, 1.165) is 5.69 Å². The quantitative estimate of drug-likeness (QED) is 0.686. The van der Waals surface area contributed by atoms with Gasteiger partial charge < -0.3 is 5.11 Å². The molecule has 68 valence electrons. The zero-order valence-electron chi connectivity index (χ0n) is 7.78. The average Bonchev–Trinajstić information content (AvgIpc) is 2.16. The zero-order chi connectivity index (χ0) is 9.84. The van der Waals surface area contributed by atoms with Gasteiger partial charge in [-0.2, -0.15) is 0 Å². The molecule has 1 N–H and O–H groups in total. The number of nitrogens with zero attached hydrogens (tertiary/aromatic N) is 2. The Morgan fingerprint density at radius 2 is 2.23 bits per heavy atom. The fourth-order valence-electron chi connectivity index (χ4n) is 0.960. The molecule has 1 aromatic rings. The molecule has 0 amide bonds. The van der Waals surface area contributed by atoms with Crippen molar-refractivity contribution in [2.45, 2.75) is 26.4 Å². The molecule has 0 spiro atoms. The summed E-state index contributed by atoms with van der Waals surface area (Å²) in [4.78, 5) is 8.10. The summed E-state index contributed by atoms with van der Waals surface area (Å²) in [7, 11) is 0. The van der Waals surface area contributed by atoms with Gasteiger partial charge in [-0.05, 0) is 17.9 Å². The molecular weight excluding hydrogens is 164 g/mol. The van der Waals surface area contributed by atoms with Crippen LogP contribution in [0.2, 0.25) is 0 Å². The smallest absolute Gasteiger partial charge is 0.205 e. The summed E-state index contributed by atoms with van der Waals surface area (Å²) in [5, 5.41) is 8.90. The van der Waals surface area contributed by atoms with Gasteiger partial charge >= 0.3 is 0 Å². The second kappa shape index (κ2) is 4.01. The predicted molar refractivity (Wildman–Crippen MR) is 50.0 cm³/mol. The maximum absolute atomic E-state index is 8.90. The van der Waals surface area contributed by atoms with E-state index in [9.17, 15) is 0 Å². The van der Waals surface area contributed by atoms with E-state index in [-0.39, 0.29) is 6.61 Å². The lowest BCUT2D eigenvalue weighted by Crippen LogP contribution is -2.02. The van der Waals surface area contributed by atoms with Crippen LogP contribution >= 0.6 is 0 Å². The molecule has 0 fully saturated rings. The summed E-state index contributed by atoms with van der Waals surface area (Å²) >= 11 is 0. The Bertz CT molecular complexity index is 339. The van der Waals surface area contributed by atoms with Gasteiger partial charge in [-0.3, -0.25) is 0 Å². The molecule has 1 heterocycles. The summed E-state index contributed by atoms with van der Waals surface area (Å²) in [6, 6.07) is 1.77. The Morgan fingerprint density at radius 3 is 2.69 bits per heavy atom. The lowest BCUT2D eigenvalue weighted by Gasteiger charge is -2.05. The van der Waals surface area contributed by atoms with Crippen LogP contribution in [0.25, 0.3) is 0 Å². The molecule has 0 aliphatic heterocycles. The monoisotopic (exact) mass is 176 g/mol. The zero-order valence-corrected chi connectivity index (χ0v) is 7.78. The van der Waals surface area contributed by atoms with Gasteiger partial charge in [0.25, 0.3) is 0 Å². The van der Waals surface area contributed by atoms with E-state index in [1.54, 1.807) is 6.07 Å². The van der Waals surface area contributed by atoms with Crippen molar-refractivity contribution in [2.24, 2.45) is 0 Å². The van der Waals surface area contributed by atoms with Crippen molar-refractivity contribution in [1.82, 2.24) is 9.97 Å². The number of aromatic nitrogens is 2. The van der Waals surface area contributed by atoms with E-state index in [2.05, 4.69) is 15.9 Å². The van der Waals surface area contributed by atoms with Gasteiger partial charge in [0.1, 0.15) is 0 Å². The van der Waals surface area contributed by atoms with Crippen molar-refractivity contribution in [2.75, 3.05) is 0 Å². The van der Waals surface area contributed by atoms with E-state index >= 15 is 0 Å². The lowest BCUT2D eigenvalue weighted by atomic mass is 10.1. The van der Waals surface area contributed by atoms with E-state index in [1.807, 2.05) is 13.8 Å². The van der Waals surface area contributed by atoms with Crippen molar-refractivity contribution >= 4 is 0 Å². The first kappa shape index (κ1) is 9.69. The standard InChI is InChI=1S/C10H12N2O/c1-4-10-11-8(6-13)5-9(12-10)7(2)3/h1,5,7,13H,6H2,2-3H3. The summed E-state index contributed by atoms with van der Waals surface area (Å²) in [5.41, 5.74) is 1.44. The number of rotatable bonds is 2. The molecule has 0 unspecified atom stereocenters. The Balaban J connectivity index is 3.17. The maximum atomic E-state index is 8.90. The lowest BCUT2D eigenvalue weighted by molar-refractivity contribution is 0.276. The molecule has 13 heavy (non-hydrogen) atoms. The molecule has 0 aliphatic rings. The third-order valence-electron chi connectivity index (χ3n) is 1.68. The van der Waals surface area contributed by atoms with Gasteiger partial charge in [-0.1, -0.05) is 13.8 Å². The molecule has 3 heteroatoms. The fourth-order valence-corrected chi connectivity index (χ4v) is 0.960. The van der Waals surface area contributed by atoms with Gasteiger partial charge in [0.05, 0.1) is 12.3 Å². The molecule has 0 atom stereocenters. The van der Waals surface area contributed by atoms with Gasteiger partial charge in [0.15, 0.2) is 0 Å². The molecule has 0 aromatic carbocycles. The maximum Gasteiger partial charge on any atom is 0.205 e. The third kappa shape index (κ3) is 2.27. The highest BCUT2D eigenvalue weighted by molar-refractivity contribution is 5.22. The fraction of sp³-hybridized carbons (Fsp3) is 0.400. The first-order chi connectivity index (χ1) is 6.17. The summed E-state index contributed by atoms with van der Waals surface area (Å²) < 4.78 is 0. The van der Waals surface area contributed by atoms with Crippen LogP contribution < -0.4 is 0 Å².